The fraction of sp³-hybridized carbons (Fsp3) is 0.400. The lowest BCUT2D eigenvalue weighted by Gasteiger charge is -2.43. The minimum atomic E-state index is 0.385. The van der Waals surface area contributed by atoms with Gasteiger partial charge in [0, 0.05) is 4.47 Å². The van der Waals surface area contributed by atoms with E-state index in [1.165, 1.54) is 36.1 Å². The van der Waals surface area contributed by atoms with Crippen molar-refractivity contribution in [3.63, 3.8) is 0 Å². The van der Waals surface area contributed by atoms with Gasteiger partial charge < -0.3 is 5.32 Å². The van der Waals surface area contributed by atoms with Gasteiger partial charge in [0.05, 0.1) is 16.8 Å². The highest BCUT2D eigenvalue weighted by molar-refractivity contribution is 9.10. The van der Waals surface area contributed by atoms with Crippen LogP contribution in [0.3, 0.4) is 0 Å². The van der Waals surface area contributed by atoms with E-state index in [0.717, 1.165) is 21.3 Å². The van der Waals surface area contributed by atoms with Gasteiger partial charge in [-0.1, -0.05) is 51.8 Å². The summed E-state index contributed by atoms with van der Waals surface area (Å²) >= 11 is 10.1. The van der Waals surface area contributed by atoms with E-state index in [9.17, 15) is 0 Å². The van der Waals surface area contributed by atoms with E-state index in [2.05, 4.69) is 57.6 Å². The maximum Gasteiger partial charge on any atom is 0.0640 e. The molecule has 3 aliphatic rings. The van der Waals surface area contributed by atoms with Crippen molar-refractivity contribution in [2.24, 2.45) is 17.8 Å². The second kappa shape index (κ2) is 5.26. The molecule has 2 aromatic carbocycles. The summed E-state index contributed by atoms with van der Waals surface area (Å²) in [5.74, 6) is 3.10. The predicted octanol–water partition coefficient (Wildman–Crippen LogP) is 6.40. The average Bonchev–Trinajstić information content (AvgIpc) is 3.18. The summed E-state index contributed by atoms with van der Waals surface area (Å²) in [6.45, 7) is 0. The number of fused-ring (bicyclic) bond motifs is 7. The van der Waals surface area contributed by atoms with Crippen molar-refractivity contribution in [2.45, 2.75) is 31.2 Å². The van der Waals surface area contributed by atoms with E-state index in [0.29, 0.717) is 17.9 Å². The van der Waals surface area contributed by atoms with Crippen LogP contribution < -0.4 is 5.32 Å². The van der Waals surface area contributed by atoms with E-state index in [4.69, 9.17) is 11.6 Å². The molecule has 0 saturated heterocycles. The summed E-state index contributed by atoms with van der Waals surface area (Å²) < 4.78 is 1.14. The number of benzene rings is 2. The summed E-state index contributed by atoms with van der Waals surface area (Å²) in [4.78, 5) is 0. The molecule has 0 amide bonds. The Hall–Kier alpha value is -0.990. The maximum atomic E-state index is 6.54. The van der Waals surface area contributed by atoms with Crippen LogP contribution in [0.4, 0.5) is 5.69 Å². The lowest BCUT2D eigenvalue weighted by atomic mass is 9.68. The molecule has 1 nitrogen and oxygen atoms in total. The zero-order valence-corrected chi connectivity index (χ0v) is 15.1. The highest BCUT2D eigenvalue weighted by Gasteiger charge is 2.53. The molecule has 1 heterocycles. The second-order valence-corrected chi connectivity index (χ2v) is 8.64. The molecule has 0 aromatic heterocycles. The van der Waals surface area contributed by atoms with Crippen molar-refractivity contribution >= 4 is 33.2 Å². The van der Waals surface area contributed by atoms with Crippen molar-refractivity contribution < 1.29 is 0 Å². The standard InChI is InChI=1S/C20H19BrClN/c21-14-8-6-11(7-9-14)19-18-13-5-4-12(10-13)17(18)15-2-1-3-16(22)20(15)23-19/h1-3,6-9,12-13,17-19,23H,4-5,10H2/t12-,13+,17-,18-,19-/m1/s1. The summed E-state index contributed by atoms with van der Waals surface area (Å²) in [6, 6.07) is 15.6. The van der Waals surface area contributed by atoms with Gasteiger partial charge in [-0.25, -0.2) is 0 Å². The Labute approximate surface area is 150 Å². The topological polar surface area (TPSA) is 12.0 Å². The van der Waals surface area contributed by atoms with Crippen LogP contribution in [-0.4, -0.2) is 0 Å². The van der Waals surface area contributed by atoms with Crippen LogP contribution in [0.1, 0.15) is 42.3 Å². The minimum absolute atomic E-state index is 0.385. The number of nitrogens with one attached hydrogen (secondary N) is 1. The average molecular weight is 389 g/mol. The third kappa shape index (κ3) is 2.11. The molecule has 118 valence electrons. The number of anilines is 1. The smallest absolute Gasteiger partial charge is 0.0640 e. The molecular formula is C20H19BrClN. The molecule has 5 rings (SSSR count). The molecule has 2 aromatic rings. The van der Waals surface area contributed by atoms with Crippen molar-refractivity contribution in [3.05, 3.63) is 63.1 Å². The van der Waals surface area contributed by atoms with Gasteiger partial charge in [0.25, 0.3) is 0 Å². The number of hydrogen-bond donors (Lipinski definition) is 1. The van der Waals surface area contributed by atoms with Gasteiger partial charge in [0.1, 0.15) is 0 Å². The number of para-hydroxylation sites is 1. The zero-order valence-electron chi connectivity index (χ0n) is 12.8. The molecule has 1 aliphatic heterocycles. The Bertz CT molecular complexity index is 757. The first-order chi connectivity index (χ1) is 11.2. The quantitative estimate of drug-likeness (QED) is 0.596. The summed E-state index contributed by atoms with van der Waals surface area (Å²) in [6.07, 6.45) is 4.19. The first-order valence-electron chi connectivity index (χ1n) is 8.53. The number of halogens is 2. The summed E-state index contributed by atoms with van der Waals surface area (Å²) in [7, 11) is 0. The van der Waals surface area contributed by atoms with E-state index in [1.54, 1.807) is 0 Å². The largest absolute Gasteiger partial charge is 0.376 e. The van der Waals surface area contributed by atoms with Crippen LogP contribution in [0.25, 0.3) is 0 Å². The molecule has 0 radical (unpaired) electrons. The number of rotatable bonds is 1. The Morgan fingerprint density at radius 1 is 1.00 bits per heavy atom. The molecule has 2 aliphatic carbocycles. The van der Waals surface area contributed by atoms with Crippen LogP contribution in [0.2, 0.25) is 5.02 Å². The summed E-state index contributed by atoms with van der Waals surface area (Å²) in [5.41, 5.74) is 4.03. The zero-order chi connectivity index (χ0) is 15.6. The summed E-state index contributed by atoms with van der Waals surface area (Å²) in [5, 5.41) is 4.68. The Balaban J connectivity index is 1.65. The van der Waals surface area contributed by atoms with Gasteiger partial charge in [-0.05, 0) is 72.3 Å². The minimum Gasteiger partial charge on any atom is -0.376 e. The maximum absolute atomic E-state index is 6.54. The van der Waals surface area contributed by atoms with E-state index in [-0.39, 0.29) is 0 Å². The third-order valence-corrected chi connectivity index (χ3v) is 7.14. The molecule has 0 unspecified atom stereocenters. The first-order valence-corrected chi connectivity index (χ1v) is 9.70. The van der Waals surface area contributed by atoms with Crippen LogP contribution >= 0.6 is 27.5 Å². The third-order valence-electron chi connectivity index (χ3n) is 6.30. The molecular weight excluding hydrogens is 370 g/mol. The second-order valence-electron chi connectivity index (χ2n) is 7.31. The molecule has 3 heteroatoms. The lowest BCUT2D eigenvalue weighted by Crippen LogP contribution is -2.35. The molecule has 5 atom stereocenters. The van der Waals surface area contributed by atoms with Gasteiger partial charge in [-0.15, -0.1) is 0 Å². The monoisotopic (exact) mass is 387 g/mol. The molecule has 2 saturated carbocycles. The molecule has 2 fully saturated rings. The van der Waals surface area contributed by atoms with Crippen LogP contribution in [0, 0.1) is 17.8 Å². The molecule has 2 bridgehead atoms. The van der Waals surface area contributed by atoms with Crippen molar-refractivity contribution in [3.8, 4) is 0 Å². The van der Waals surface area contributed by atoms with Crippen LogP contribution in [0.5, 0.6) is 0 Å². The van der Waals surface area contributed by atoms with Crippen LogP contribution in [-0.2, 0) is 0 Å². The Kier molecular flexibility index (Phi) is 3.28. The van der Waals surface area contributed by atoms with E-state index < -0.39 is 0 Å². The highest BCUT2D eigenvalue weighted by atomic mass is 79.9. The van der Waals surface area contributed by atoms with Crippen molar-refractivity contribution in [1.82, 2.24) is 0 Å². The van der Waals surface area contributed by atoms with Crippen molar-refractivity contribution in [1.29, 1.82) is 0 Å². The normalized spacial score (nSPS) is 33.9. The molecule has 23 heavy (non-hydrogen) atoms. The molecule has 1 N–H and O–H groups in total. The Morgan fingerprint density at radius 3 is 2.61 bits per heavy atom. The highest BCUT2D eigenvalue weighted by Crippen LogP contribution is 2.64. The van der Waals surface area contributed by atoms with Gasteiger partial charge >= 0.3 is 0 Å². The fourth-order valence-electron chi connectivity index (χ4n) is 5.48. The lowest BCUT2D eigenvalue weighted by molar-refractivity contribution is 0.247. The number of hydrogen-bond acceptors (Lipinski definition) is 1. The van der Waals surface area contributed by atoms with Crippen LogP contribution in [0.15, 0.2) is 46.9 Å². The SMILES string of the molecule is Clc1cccc2c1N[C@H](c1ccc(Br)cc1)[C@@H]1[C@H]3CC[C@H](C3)[C@H]21. The first kappa shape index (κ1) is 14.4. The van der Waals surface area contributed by atoms with Crippen molar-refractivity contribution in [2.75, 3.05) is 5.32 Å². The van der Waals surface area contributed by atoms with E-state index >= 15 is 0 Å². The van der Waals surface area contributed by atoms with E-state index in [1.807, 2.05) is 6.07 Å². The predicted molar refractivity (Wildman–Crippen MR) is 99.0 cm³/mol. The van der Waals surface area contributed by atoms with Gasteiger partial charge in [0.15, 0.2) is 0 Å². The van der Waals surface area contributed by atoms with Gasteiger partial charge in [0.2, 0.25) is 0 Å². The van der Waals surface area contributed by atoms with Gasteiger partial charge in [-0.2, -0.15) is 0 Å². The fourth-order valence-corrected chi connectivity index (χ4v) is 5.98. The molecule has 0 spiro atoms. The van der Waals surface area contributed by atoms with Gasteiger partial charge in [-0.3, -0.25) is 0 Å². The Morgan fingerprint density at radius 2 is 1.78 bits per heavy atom.